The van der Waals surface area contributed by atoms with Crippen LogP contribution in [-0.2, 0) is 0 Å². The molecule has 0 fully saturated rings. The third kappa shape index (κ3) is 5.83. The molecule has 0 aliphatic heterocycles. The van der Waals surface area contributed by atoms with Gasteiger partial charge in [-0.1, -0.05) is 170 Å². The molecule has 0 bridgehead atoms. The van der Waals surface area contributed by atoms with Crippen LogP contribution < -0.4 is 0 Å². The Hall–Kier alpha value is -7.77. The summed E-state index contributed by atoms with van der Waals surface area (Å²) in [5.74, 6) is 1.79. The van der Waals surface area contributed by atoms with Crippen LogP contribution in [0, 0.1) is 0 Å². The van der Waals surface area contributed by atoms with Crippen LogP contribution >= 0.6 is 22.7 Å². The van der Waals surface area contributed by atoms with Crippen molar-refractivity contribution in [2.45, 2.75) is 0 Å². The van der Waals surface area contributed by atoms with Crippen LogP contribution in [-0.4, -0.2) is 19.5 Å². The maximum Gasteiger partial charge on any atom is 0.164 e. The Balaban J connectivity index is 1.04. The Morgan fingerprint density at radius 3 is 1.59 bits per heavy atom. The minimum absolute atomic E-state index is 0.00165. The maximum absolute atomic E-state index is 9.29. The highest BCUT2D eigenvalue weighted by atomic mass is 32.1. The summed E-state index contributed by atoms with van der Waals surface area (Å²) in [6.45, 7) is 0. The number of fused-ring (bicyclic) bond motifs is 9. The third-order valence-electron chi connectivity index (χ3n) is 11.8. The quantitative estimate of drug-likeness (QED) is 0.167. The molecule has 0 saturated heterocycles. The Morgan fingerprint density at radius 1 is 0.365 bits per heavy atom. The first-order chi connectivity index (χ1) is 33.7. The van der Waals surface area contributed by atoms with Crippen molar-refractivity contribution in [2.75, 3.05) is 0 Å². The number of hydrogen-bond acceptors (Lipinski definition) is 5. The molecule has 0 spiro atoms. The van der Waals surface area contributed by atoms with Gasteiger partial charge < -0.3 is 4.57 Å². The van der Waals surface area contributed by atoms with Crippen molar-refractivity contribution in [3.05, 3.63) is 206 Å². The molecule has 0 aliphatic carbocycles. The first-order valence-electron chi connectivity index (χ1n) is 23.6. The van der Waals surface area contributed by atoms with Crippen molar-refractivity contribution >= 4 is 84.8 Å². The number of para-hydroxylation sites is 2. The molecule has 6 heteroatoms. The van der Waals surface area contributed by atoms with E-state index < -0.39 is 0 Å². The molecule has 0 amide bonds. The largest absolute Gasteiger partial charge is 0.309 e. The molecule has 63 heavy (non-hydrogen) atoms. The summed E-state index contributed by atoms with van der Waals surface area (Å²) in [5, 5.41) is 4.95. The van der Waals surface area contributed by atoms with E-state index in [-0.39, 0.29) is 47.0 Å². The summed E-state index contributed by atoms with van der Waals surface area (Å²) in [5.41, 5.74) is 7.80. The van der Waals surface area contributed by atoms with Gasteiger partial charge in [-0.05, 0) is 47.5 Å². The molecule has 9 aromatic carbocycles. The summed E-state index contributed by atoms with van der Waals surface area (Å²) < 4.78 is 60.2. The third-order valence-corrected chi connectivity index (χ3v) is 14.2. The number of aromatic nitrogens is 4. The van der Waals surface area contributed by atoms with Crippen LogP contribution in [0.3, 0.4) is 0 Å². The standard InChI is InChI=1S/C57H34N4S2/c1-3-15-35(16-4-1)55-58-56(36-17-5-2-6-18-36)60-57(59-55)38-29-31-43-45-23-13-22-39(53(45)63-52(43)34-38)37-30-32-50(61-48-26-10-7-19-40(48)41-20-8-11-27-49(41)61)47(33-37)46-25-14-24-44-42-21-9-12-28-51(42)62-54(44)46/h1-34H/i7D,8D,19D,20D,26D,27D. The Kier molecular flexibility index (Phi) is 6.93. The van der Waals surface area contributed by atoms with E-state index in [9.17, 15) is 2.74 Å². The number of thiophene rings is 2. The van der Waals surface area contributed by atoms with Crippen LogP contribution in [0.4, 0.5) is 0 Å². The highest BCUT2D eigenvalue weighted by molar-refractivity contribution is 7.26. The monoisotopic (exact) mass is 844 g/mol. The molecule has 4 heterocycles. The molecule has 13 rings (SSSR count). The molecule has 0 N–H and O–H groups in total. The zero-order chi connectivity index (χ0) is 46.7. The van der Waals surface area contributed by atoms with Crippen molar-refractivity contribution < 1.29 is 8.22 Å². The van der Waals surface area contributed by atoms with E-state index >= 15 is 0 Å². The molecule has 0 radical (unpaired) electrons. The van der Waals surface area contributed by atoms with Gasteiger partial charge in [0.2, 0.25) is 0 Å². The lowest BCUT2D eigenvalue weighted by Crippen LogP contribution is -1.99. The first-order valence-corrected chi connectivity index (χ1v) is 22.2. The van der Waals surface area contributed by atoms with Gasteiger partial charge in [0.25, 0.3) is 0 Å². The zero-order valence-electron chi connectivity index (χ0n) is 39.3. The van der Waals surface area contributed by atoms with E-state index in [2.05, 4.69) is 84.9 Å². The summed E-state index contributed by atoms with van der Waals surface area (Å²) >= 11 is 3.43. The number of benzene rings is 9. The van der Waals surface area contributed by atoms with Crippen molar-refractivity contribution in [3.8, 4) is 62.1 Å². The van der Waals surface area contributed by atoms with Crippen LogP contribution in [0.1, 0.15) is 8.22 Å². The normalized spacial score (nSPS) is 13.1. The fraction of sp³-hybridized carbons (Fsp3) is 0. The Labute approximate surface area is 379 Å². The summed E-state index contributed by atoms with van der Waals surface area (Å²) in [6.07, 6.45) is 0. The van der Waals surface area contributed by atoms with E-state index in [4.69, 9.17) is 20.4 Å². The first kappa shape index (κ1) is 30.3. The second-order valence-corrected chi connectivity index (χ2v) is 17.5. The minimum atomic E-state index is -0.149. The molecule has 4 aromatic heterocycles. The second kappa shape index (κ2) is 14.4. The predicted molar refractivity (Wildman–Crippen MR) is 267 cm³/mol. The second-order valence-electron chi connectivity index (χ2n) is 15.4. The van der Waals surface area contributed by atoms with Crippen molar-refractivity contribution in [2.24, 2.45) is 0 Å². The average molecular weight is 845 g/mol. The van der Waals surface area contributed by atoms with Crippen molar-refractivity contribution in [1.29, 1.82) is 0 Å². The molecular weight excluding hydrogens is 805 g/mol. The molecule has 4 nitrogen and oxygen atoms in total. The van der Waals surface area contributed by atoms with E-state index in [1.54, 1.807) is 22.7 Å². The Bertz CT molecular complexity index is 4150. The molecular formula is C57H34N4S2. The predicted octanol–water partition coefficient (Wildman–Crippen LogP) is 16.0. The zero-order valence-corrected chi connectivity index (χ0v) is 34.9. The highest BCUT2D eigenvalue weighted by Gasteiger charge is 2.21. The summed E-state index contributed by atoms with van der Waals surface area (Å²) in [7, 11) is 0. The Morgan fingerprint density at radius 2 is 0.905 bits per heavy atom. The molecule has 0 unspecified atom stereocenters. The number of hydrogen-bond donors (Lipinski definition) is 0. The van der Waals surface area contributed by atoms with E-state index in [0.29, 0.717) is 34.2 Å². The SMILES string of the molecule is [2H]c1cc([2H])c2c(c1[2H])c1c([2H])c([2H])cc([2H])c1n2-c1ccc(-c2cccc3c2sc2cc(-c4nc(-c5ccccc5)nc(-c5ccccc5)n4)ccc23)cc1-c1cccc2c1sc1ccccc12. The summed E-state index contributed by atoms with van der Waals surface area (Å²) in [6, 6.07) is 55.9. The lowest BCUT2D eigenvalue weighted by Gasteiger charge is -2.17. The minimum Gasteiger partial charge on any atom is -0.309 e. The van der Waals surface area contributed by atoms with Gasteiger partial charge in [0.05, 0.1) is 24.9 Å². The lowest BCUT2D eigenvalue weighted by molar-refractivity contribution is 1.07. The number of rotatable bonds is 6. The van der Waals surface area contributed by atoms with Gasteiger partial charge in [0.15, 0.2) is 17.5 Å². The lowest BCUT2D eigenvalue weighted by atomic mass is 9.95. The van der Waals surface area contributed by atoms with Gasteiger partial charge >= 0.3 is 0 Å². The highest BCUT2D eigenvalue weighted by Crippen LogP contribution is 2.46. The molecule has 0 saturated carbocycles. The average Bonchev–Trinajstić information content (AvgIpc) is 4.08. The van der Waals surface area contributed by atoms with Gasteiger partial charge in [0, 0.05) is 78.9 Å². The van der Waals surface area contributed by atoms with Gasteiger partial charge in [-0.25, -0.2) is 15.0 Å². The topological polar surface area (TPSA) is 43.6 Å². The van der Waals surface area contributed by atoms with E-state index in [1.807, 2.05) is 77.4 Å². The van der Waals surface area contributed by atoms with Crippen molar-refractivity contribution in [3.63, 3.8) is 0 Å². The van der Waals surface area contributed by atoms with Crippen molar-refractivity contribution in [1.82, 2.24) is 19.5 Å². The van der Waals surface area contributed by atoms with Gasteiger partial charge in [-0.15, -0.1) is 22.7 Å². The van der Waals surface area contributed by atoms with Gasteiger partial charge in [-0.3, -0.25) is 0 Å². The molecule has 0 aliphatic rings. The van der Waals surface area contributed by atoms with Crippen LogP contribution in [0.5, 0.6) is 0 Å². The maximum atomic E-state index is 9.29. The van der Waals surface area contributed by atoms with Gasteiger partial charge in [0.1, 0.15) is 0 Å². The van der Waals surface area contributed by atoms with Crippen LogP contribution in [0.25, 0.3) is 124 Å². The van der Waals surface area contributed by atoms with Crippen LogP contribution in [0.15, 0.2) is 206 Å². The smallest absolute Gasteiger partial charge is 0.164 e. The van der Waals surface area contributed by atoms with Gasteiger partial charge in [-0.2, -0.15) is 0 Å². The molecule has 0 atom stereocenters. The van der Waals surface area contributed by atoms with E-state index in [1.165, 1.54) is 12.1 Å². The fourth-order valence-corrected chi connectivity index (χ4v) is 11.4. The van der Waals surface area contributed by atoms with E-state index in [0.717, 1.165) is 79.3 Å². The molecule has 13 aromatic rings. The van der Waals surface area contributed by atoms with Crippen LogP contribution in [0.2, 0.25) is 0 Å². The summed E-state index contributed by atoms with van der Waals surface area (Å²) in [4.78, 5) is 14.9. The fourth-order valence-electron chi connectivity index (χ4n) is 8.93. The molecule has 294 valence electrons. The number of nitrogens with zero attached hydrogens (tertiary/aromatic N) is 4.